The Hall–Kier alpha value is -0.910. The van der Waals surface area contributed by atoms with Crippen LogP contribution in [-0.2, 0) is 9.59 Å². The number of rotatable bonds is 4. The van der Waals surface area contributed by atoms with Crippen molar-refractivity contribution < 1.29 is 32.0 Å². The highest BCUT2D eigenvalue weighted by molar-refractivity contribution is 5.95. The minimum atomic E-state index is -0.390. The number of amides is 1. The van der Waals surface area contributed by atoms with Crippen molar-refractivity contribution in [3.05, 3.63) is 11.6 Å². The van der Waals surface area contributed by atoms with Gasteiger partial charge in [0.15, 0.2) is 5.78 Å². The Morgan fingerprint density at radius 3 is 2.27 bits per heavy atom. The normalized spacial score (nSPS) is 47.6. The van der Waals surface area contributed by atoms with Crippen LogP contribution in [0, 0.1) is 50.2 Å². The molecule has 1 amide bonds. The minimum absolute atomic E-state index is 0. The van der Waals surface area contributed by atoms with E-state index in [1.807, 2.05) is 0 Å². The summed E-state index contributed by atoms with van der Waals surface area (Å²) < 4.78 is 0. The summed E-state index contributed by atoms with van der Waals surface area (Å²) in [6, 6.07) is 0. The Morgan fingerprint density at radius 2 is 1.62 bits per heavy atom. The predicted molar refractivity (Wildman–Crippen MR) is 156 cm³/mol. The molecule has 5 aliphatic carbocycles. The average molecular weight is 577 g/mol. The van der Waals surface area contributed by atoms with Gasteiger partial charge in [-0.2, -0.15) is 0 Å². The molecule has 5 aliphatic rings. The Balaban J connectivity index is 0.00000370. The summed E-state index contributed by atoms with van der Waals surface area (Å²) in [5.41, 5.74) is 0.745. The fourth-order valence-corrected chi connectivity index (χ4v) is 11.0. The smallest absolute Gasteiger partial charge is 0.226 e. The summed E-state index contributed by atoms with van der Waals surface area (Å²) in [6.07, 6.45) is 10.8. The first-order valence-electron chi connectivity index (χ1n) is 16.0. The highest BCUT2D eigenvalue weighted by Gasteiger charge is 2.70. The molecule has 0 radical (unpaired) electrons. The Kier molecular flexibility index (Phi) is 8.07. The molecule has 0 saturated heterocycles. The van der Waals surface area contributed by atoms with Gasteiger partial charge < -0.3 is 27.7 Å². The molecule has 5 rings (SSSR count). The van der Waals surface area contributed by atoms with Crippen molar-refractivity contribution in [3.63, 3.8) is 0 Å². The maximum atomic E-state index is 14.4. The second kappa shape index (κ2) is 10.1. The number of quaternary nitrogens is 1. The van der Waals surface area contributed by atoms with Gasteiger partial charge in [0.05, 0.1) is 33.3 Å². The quantitative estimate of drug-likeness (QED) is 0.476. The largest absolute Gasteiger partial charge is 1.00 e. The third kappa shape index (κ3) is 4.37. The van der Waals surface area contributed by atoms with Crippen LogP contribution in [0.15, 0.2) is 11.6 Å². The van der Waals surface area contributed by atoms with Crippen LogP contribution in [-0.4, -0.2) is 50.1 Å². The molecular formula is C34H57ClN2O3. The number of ketones is 1. The summed E-state index contributed by atoms with van der Waals surface area (Å²) in [5.74, 6) is 1.16. The fraction of sp³-hybridized carbons (Fsp3) is 0.882. The number of nitrogens with one attached hydrogen (secondary N) is 2. The number of aliphatic hydroxyl groups excluding tert-OH is 1. The van der Waals surface area contributed by atoms with Crippen LogP contribution in [0.25, 0.3) is 0 Å². The van der Waals surface area contributed by atoms with E-state index in [1.54, 1.807) is 0 Å². The lowest BCUT2D eigenvalue weighted by Gasteiger charge is -2.70. The van der Waals surface area contributed by atoms with Gasteiger partial charge in [-0.3, -0.25) is 9.59 Å². The van der Waals surface area contributed by atoms with Gasteiger partial charge in [0.2, 0.25) is 5.91 Å². The molecule has 9 atom stereocenters. The number of fused-ring (bicyclic) bond motifs is 7. The summed E-state index contributed by atoms with van der Waals surface area (Å²) in [7, 11) is 4.24. The lowest BCUT2D eigenvalue weighted by Crippen LogP contribution is -3.06. The summed E-state index contributed by atoms with van der Waals surface area (Å²) in [6.45, 7) is 18.0. The zero-order valence-electron chi connectivity index (χ0n) is 26.8. The molecule has 0 heterocycles. The molecule has 0 bridgehead atoms. The number of carbonyl (C=O) groups excluding carboxylic acids is 2. The van der Waals surface area contributed by atoms with E-state index in [9.17, 15) is 14.7 Å². The zero-order valence-corrected chi connectivity index (χ0v) is 27.6. The Labute approximate surface area is 250 Å². The Morgan fingerprint density at radius 1 is 0.975 bits per heavy atom. The van der Waals surface area contributed by atoms with E-state index in [4.69, 9.17) is 0 Å². The van der Waals surface area contributed by atoms with Crippen LogP contribution in [0.1, 0.15) is 106 Å². The lowest BCUT2D eigenvalue weighted by atomic mass is 9.33. The molecule has 3 N–H and O–H groups in total. The zero-order chi connectivity index (χ0) is 28.8. The van der Waals surface area contributed by atoms with Crippen molar-refractivity contribution in [1.29, 1.82) is 0 Å². The average Bonchev–Trinajstić information content (AvgIpc) is 2.84. The van der Waals surface area contributed by atoms with Gasteiger partial charge in [-0.25, -0.2) is 0 Å². The van der Waals surface area contributed by atoms with Crippen LogP contribution in [0.4, 0.5) is 0 Å². The van der Waals surface area contributed by atoms with Crippen LogP contribution in [0.3, 0.4) is 0 Å². The molecule has 228 valence electrons. The van der Waals surface area contributed by atoms with Crippen molar-refractivity contribution in [1.82, 2.24) is 5.32 Å². The van der Waals surface area contributed by atoms with Gasteiger partial charge in [0.25, 0.3) is 0 Å². The summed E-state index contributed by atoms with van der Waals surface area (Å²) >= 11 is 0. The number of halogens is 1. The van der Waals surface area contributed by atoms with Gasteiger partial charge in [0, 0.05) is 11.3 Å². The van der Waals surface area contributed by atoms with Crippen molar-refractivity contribution in [3.8, 4) is 0 Å². The first-order valence-corrected chi connectivity index (χ1v) is 16.0. The molecule has 0 aromatic heterocycles. The van der Waals surface area contributed by atoms with Gasteiger partial charge in [-0.05, 0) is 103 Å². The van der Waals surface area contributed by atoms with Gasteiger partial charge >= 0.3 is 0 Å². The number of hydrogen-bond donors (Lipinski definition) is 3. The topological polar surface area (TPSA) is 70.8 Å². The van der Waals surface area contributed by atoms with E-state index >= 15 is 0 Å². The highest BCUT2D eigenvalue weighted by Crippen LogP contribution is 2.75. The molecule has 0 aromatic rings. The van der Waals surface area contributed by atoms with E-state index < -0.39 is 0 Å². The maximum absolute atomic E-state index is 14.4. The SMILES string of the molecule is C[NH+](C)CCNC(=O)[C@@]1(C)CC[C@]2(C)CC[C@]3(C)C(=CC(=O)[C@@H]4[C@@]5(C)CC[C@H](O)C(C)(C)[C@@H]5CC[C@]43C)[C@@H]2C1.[Cl-]. The summed E-state index contributed by atoms with van der Waals surface area (Å²) in [5, 5.41) is 14.2. The number of likely N-dealkylation sites (N-methyl/N-ethyl adjacent to an activating group) is 1. The van der Waals surface area contributed by atoms with Crippen LogP contribution >= 0.6 is 0 Å². The van der Waals surface area contributed by atoms with Crippen molar-refractivity contribution in [2.45, 2.75) is 112 Å². The van der Waals surface area contributed by atoms with Crippen LogP contribution in [0.5, 0.6) is 0 Å². The standard InChI is InChI=1S/C34H56N2O3.ClH/c1-29(2)25-10-13-34(7)27(32(25,5)12-11-26(29)38)24(37)20-22-23-21-31(4,28(39)35-18-19-36(8)9)15-14-30(23,3)16-17-33(22,34)6;/h20,23,25-27,38H,10-19,21H2,1-9H3,(H,35,39);1H/t23-,25-,26-,27+,30+,31-,32-,33+,34+;/m0./s1. The summed E-state index contributed by atoms with van der Waals surface area (Å²) in [4.78, 5) is 29.3. The third-order valence-electron chi connectivity index (χ3n) is 14.0. The first-order chi connectivity index (χ1) is 17.9. The number of allylic oxidation sites excluding steroid dienone is 2. The van der Waals surface area contributed by atoms with Crippen LogP contribution < -0.4 is 22.6 Å². The van der Waals surface area contributed by atoms with Gasteiger partial charge in [0.1, 0.15) is 0 Å². The molecular weight excluding hydrogens is 520 g/mol. The number of carbonyl (C=O) groups is 2. The van der Waals surface area contributed by atoms with Gasteiger partial charge in [-0.15, -0.1) is 0 Å². The third-order valence-corrected chi connectivity index (χ3v) is 14.0. The van der Waals surface area contributed by atoms with E-state index in [1.165, 1.54) is 16.9 Å². The predicted octanol–water partition coefficient (Wildman–Crippen LogP) is 1.59. The monoisotopic (exact) mass is 576 g/mol. The first kappa shape index (κ1) is 32.0. The molecule has 5 nitrogen and oxygen atoms in total. The second-order valence-electron chi connectivity index (χ2n) is 16.8. The fourth-order valence-electron chi connectivity index (χ4n) is 11.0. The van der Waals surface area contributed by atoms with Crippen molar-refractivity contribution >= 4 is 11.7 Å². The molecule has 0 unspecified atom stereocenters. The van der Waals surface area contributed by atoms with E-state index in [-0.39, 0.29) is 68.7 Å². The molecule has 0 aromatic carbocycles. The van der Waals surface area contributed by atoms with E-state index in [0.29, 0.717) is 18.2 Å². The molecule has 4 fully saturated rings. The number of aliphatic hydroxyl groups is 1. The molecule has 0 aliphatic heterocycles. The maximum Gasteiger partial charge on any atom is 0.226 e. The highest BCUT2D eigenvalue weighted by atomic mass is 35.5. The van der Waals surface area contributed by atoms with Crippen molar-refractivity contribution in [2.75, 3.05) is 27.2 Å². The van der Waals surface area contributed by atoms with E-state index in [2.05, 4.69) is 74.0 Å². The minimum Gasteiger partial charge on any atom is -1.00 e. The number of hydrogen-bond acceptors (Lipinski definition) is 3. The Bertz CT molecular complexity index is 1070. The molecule has 6 heteroatoms. The molecule has 4 saturated carbocycles. The molecule has 40 heavy (non-hydrogen) atoms. The lowest BCUT2D eigenvalue weighted by molar-refractivity contribution is -0.856. The van der Waals surface area contributed by atoms with Gasteiger partial charge in [-0.1, -0.05) is 54.0 Å². The van der Waals surface area contributed by atoms with Crippen molar-refractivity contribution in [2.24, 2.45) is 50.2 Å². The van der Waals surface area contributed by atoms with Crippen LogP contribution in [0.2, 0.25) is 0 Å². The van der Waals surface area contributed by atoms with E-state index in [0.717, 1.165) is 57.9 Å². The second-order valence-corrected chi connectivity index (χ2v) is 16.8. The molecule has 0 spiro atoms.